The SMILES string of the molecule is CCCCOc1ccc(CCc2ccc(OCCCCCCCCC(F)(F)CCCCCCCCOc3ccc(CCc4ccc(OCCCC)c(F)c4F)c(F)c3)cc2F)c(F)c1F. The second kappa shape index (κ2) is 29.2. The fourth-order valence-corrected chi connectivity index (χ4v) is 7.48. The van der Waals surface area contributed by atoms with E-state index in [4.69, 9.17) is 18.9 Å². The van der Waals surface area contributed by atoms with Crippen molar-refractivity contribution in [3.63, 3.8) is 0 Å². The van der Waals surface area contributed by atoms with Gasteiger partial charge in [-0.25, -0.2) is 26.3 Å². The highest BCUT2D eigenvalue weighted by atomic mass is 19.3. The zero-order valence-electron chi connectivity index (χ0n) is 38.3. The molecule has 360 valence electrons. The molecule has 0 aliphatic heterocycles. The molecule has 0 N–H and O–H groups in total. The third-order valence-corrected chi connectivity index (χ3v) is 11.6. The van der Waals surface area contributed by atoms with Crippen LogP contribution in [0.15, 0.2) is 60.7 Å². The van der Waals surface area contributed by atoms with Crippen molar-refractivity contribution in [1.29, 1.82) is 0 Å². The standard InChI is InChI=1S/C53H68F8O4/c1-3-5-33-64-47-29-25-41(49(56)51(47)58)21-19-39-23-27-43(37-45(39)54)62-35-17-13-9-7-11-15-31-53(60,61)32-16-12-8-10-14-18-36-63-44-28-24-40(46(55)38-44)20-22-42-26-30-48(52(59)50(42)57)65-34-6-4-2/h23-30,37-38H,3-22,31-36H2,1-2H3. The molecular formula is C53H68F8O4. The number of benzene rings is 4. The average molecular weight is 921 g/mol. The summed E-state index contributed by atoms with van der Waals surface area (Å²) in [5, 5.41) is 0. The molecule has 4 nitrogen and oxygen atoms in total. The number of hydrogen-bond acceptors (Lipinski definition) is 4. The van der Waals surface area contributed by atoms with Crippen LogP contribution in [0.2, 0.25) is 0 Å². The van der Waals surface area contributed by atoms with Gasteiger partial charge in [0.1, 0.15) is 23.1 Å². The van der Waals surface area contributed by atoms with Gasteiger partial charge in [-0.05, 0) is 111 Å². The number of alkyl halides is 2. The molecule has 65 heavy (non-hydrogen) atoms. The molecule has 0 fully saturated rings. The lowest BCUT2D eigenvalue weighted by Crippen LogP contribution is -2.15. The number of rotatable bonds is 34. The molecule has 0 aliphatic rings. The Hall–Kier alpha value is -4.48. The van der Waals surface area contributed by atoms with Crippen molar-refractivity contribution in [2.24, 2.45) is 0 Å². The lowest BCUT2D eigenvalue weighted by Gasteiger charge is -2.16. The second-order valence-corrected chi connectivity index (χ2v) is 16.9. The van der Waals surface area contributed by atoms with Gasteiger partial charge in [0.05, 0.1) is 26.4 Å². The smallest absolute Gasteiger partial charge is 0.248 e. The molecule has 0 saturated carbocycles. The van der Waals surface area contributed by atoms with Gasteiger partial charge in [0.2, 0.25) is 17.6 Å². The fourth-order valence-electron chi connectivity index (χ4n) is 7.48. The molecule has 4 aromatic rings. The maximum Gasteiger partial charge on any atom is 0.248 e. The van der Waals surface area contributed by atoms with E-state index in [1.54, 1.807) is 24.3 Å². The minimum atomic E-state index is -2.66. The molecule has 12 heteroatoms. The number of unbranched alkanes of at least 4 members (excludes halogenated alkanes) is 12. The van der Waals surface area contributed by atoms with Gasteiger partial charge in [-0.15, -0.1) is 0 Å². The van der Waals surface area contributed by atoms with Crippen LogP contribution in [0.5, 0.6) is 23.0 Å². The monoisotopic (exact) mass is 920 g/mol. The maximum atomic E-state index is 14.8. The predicted octanol–water partition coefficient (Wildman–Crippen LogP) is 16.0. The van der Waals surface area contributed by atoms with Crippen molar-refractivity contribution in [3.05, 3.63) is 118 Å². The van der Waals surface area contributed by atoms with Crippen LogP contribution in [0.25, 0.3) is 0 Å². The number of aryl methyl sites for hydroxylation is 4. The van der Waals surface area contributed by atoms with E-state index in [9.17, 15) is 35.1 Å². The Morgan fingerprint density at radius 1 is 0.369 bits per heavy atom. The summed E-state index contributed by atoms with van der Waals surface area (Å²) >= 11 is 0. The molecule has 0 bridgehead atoms. The summed E-state index contributed by atoms with van der Waals surface area (Å²) in [6, 6.07) is 14.9. The zero-order valence-corrected chi connectivity index (χ0v) is 38.3. The highest BCUT2D eigenvalue weighted by molar-refractivity contribution is 5.35. The summed E-state index contributed by atoms with van der Waals surface area (Å²) in [6.07, 6.45) is 12.9. The van der Waals surface area contributed by atoms with Crippen LogP contribution in [-0.2, 0) is 25.7 Å². The summed E-state index contributed by atoms with van der Waals surface area (Å²) in [5.74, 6) is -7.06. The van der Waals surface area contributed by atoms with Gasteiger partial charge in [-0.2, -0.15) is 8.78 Å². The van der Waals surface area contributed by atoms with E-state index in [0.717, 1.165) is 89.9 Å². The topological polar surface area (TPSA) is 36.9 Å². The molecule has 4 rings (SSSR count). The van der Waals surface area contributed by atoms with Crippen molar-refractivity contribution in [2.45, 2.75) is 161 Å². The predicted molar refractivity (Wildman–Crippen MR) is 242 cm³/mol. The lowest BCUT2D eigenvalue weighted by molar-refractivity contribution is -0.0206. The first-order chi connectivity index (χ1) is 31.4. The van der Waals surface area contributed by atoms with Crippen molar-refractivity contribution in [2.75, 3.05) is 26.4 Å². The molecule has 0 heterocycles. The van der Waals surface area contributed by atoms with Gasteiger partial charge in [0.25, 0.3) is 0 Å². The van der Waals surface area contributed by atoms with E-state index < -0.39 is 40.8 Å². The molecule has 0 unspecified atom stereocenters. The van der Waals surface area contributed by atoms with Gasteiger partial charge >= 0.3 is 0 Å². The Kier molecular flexibility index (Phi) is 23.9. The van der Waals surface area contributed by atoms with Crippen LogP contribution in [0.1, 0.15) is 152 Å². The molecule has 0 aliphatic carbocycles. The van der Waals surface area contributed by atoms with Gasteiger partial charge in [-0.3, -0.25) is 0 Å². The minimum Gasteiger partial charge on any atom is -0.493 e. The number of hydrogen-bond donors (Lipinski definition) is 0. The molecular weight excluding hydrogens is 853 g/mol. The van der Waals surface area contributed by atoms with Crippen LogP contribution in [-0.4, -0.2) is 32.4 Å². The Morgan fingerprint density at radius 2 is 0.708 bits per heavy atom. The molecule has 0 saturated heterocycles. The Balaban J connectivity index is 0.966. The van der Waals surface area contributed by atoms with Crippen LogP contribution >= 0.6 is 0 Å². The van der Waals surface area contributed by atoms with Crippen LogP contribution in [0.3, 0.4) is 0 Å². The summed E-state index contributed by atoms with van der Waals surface area (Å²) in [5.41, 5.74) is 1.07. The second-order valence-electron chi connectivity index (χ2n) is 16.9. The van der Waals surface area contributed by atoms with E-state index in [1.807, 2.05) is 13.8 Å². The summed E-state index contributed by atoms with van der Waals surface area (Å²) in [6.45, 7) is 5.38. The molecule has 0 aromatic heterocycles. The molecule has 0 radical (unpaired) electrons. The van der Waals surface area contributed by atoms with Gasteiger partial charge in [-0.1, -0.05) is 102 Å². The molecule has 0 amide bonds. The number of ether oxygens (including phenoxy) is 4. The highest BCUT2D eigenvalue weighted by Gasteiger charge is 2.27. The first-order valence-electron chi connectivity index (χ1n) is 23.8. The Bertz CT molecular complexity index is 1850. The zero-order chi connectivity index (χ0) is 46.9. The summed E-state index contributed by atoms with van der Waals surface area (Å²) in [4.78, 5) is 0. The van der Waals surface area contributed by atoms with E-state index in [-0.39, 0.29) is 61.2 Å². The maximum absolute atomic E-state index is 14.8. The first-order valence-corrected chi connectivity index (χ1v) is 23.8. The third-order valence-electron chi connectivity index (χ3n) is 11.6. The van der Waals surface area contributed by atoms with Gasteiger partial charge < -0.3 is 18.9 Å². The summed E-state index contributed by atoms with van der Waals surface area (Å²) in [7, 11) is 0. The first kappa shape index (κ1) is 53.1. The van der Waals surface area contributed by atoms with Gasteiger partial charge in [0, 0.05) is 25.0 Å². The van der Waals surface area contributed by atoms with Crippen molar-refractivity contribution in [3.8, 4) is 23.0 Å². The van der Waals surface area contributed by atoms with Crippen molar-refractivity contribution in [1.82, 2.24) is 0 Å². The molecule has 4 aromatic carbocycles. The van der Waals surface area contributed by atoms with E-state index >= 15 is 0 Å². The van der Waals surface area contributed by atoms with E-state index in [1.165, 1.54) is 36.4 Å². The third kappa shape index (κ3) is 19.1. The normalized spacial score (nSPS) is 11.6. The highest BCUT2D eigenvalue weighted by Crippen LogP contribution is 2.30. The van der Waals surface area contributed by atoms with Crippen LogP contribution < -0.4 is 18.9 Å². The largest absolute Gasteiger partial charge is 0.493 e. The van der Waals surface area contributed by atoms with Crippen LogP contribution in [0.4, 0.5) is 35.1 Å². The summed E-state index contributed by atoms with van der Waals surface area (Å²) < 4.78 is 138. The number of halogens is 8. The van der Waals surface area contributed by atoms with Gasteiger partial charge in [0.15, 0.2) is 23.1 Å². The minimum absolute atomic E-state index is 0.107. The quantitative estimate of drug-likeness (QED) is 0.0346. The molecule has 0 atom stereocenters. The van der Waals surface area contributed by atoms with E-state index in [2.05, 4.69) is 0 Å². The molecule has 0 spiro atoms. The van der Waals surface area contributed by atoms with Crippen molar-refractivity contribution >= 4 is 0 Å². The Labute approximate surface area is 381 Å². The Morgan fingerprint density at radius 3 is 1.09 bits per heavy atom. The van der Waals surface area contributed by atoms with E-state index in [0.29, 0.717) is 61.9 Å². The average Bonchev–Trinajstić information content (AvgIpc) is 3.28. The lowest BCUT2D eigenvalue weighted by atomic mass is 10.0. The van der Waals surface area contributed by atoms with Crippen LogP contribution in [0, 0.1) is 34.9 Å². The fraction of sp³-hybridized carbons (Fsp3) is 0.547. The van der Waals surface area contributed by atoms with Crippen molar-refractivity contribution < 1.29 is 54.1 Å².